The van der Waals surface area contributed by atoms with Crippen LogP contribution in [0, 0.1) is 5.92 Å². The van der Waals surface area contributed by atoms with Crippen LogP contribution in [0.15, 0.2) is 18.2 Å². The minimum atomic E-state index is -0.656. The summed E-state index contributed by atoms with van der Waals surface area (Å²) in [5.41, 5.74) is 1.10. The molecule has 0 spiro atoms. The molecule has 0 aromatic heterocycles. The molecule has 1 aromatic carbocycles. The van der Waals surface area contributed by atoms with E-state index in [1.54, 1.807) is 0 Å². The largest absolute Gasteiger partial charge is 0.486 e. The second kappa shape index (κ2) is 6.35. The fourth-order valence-electron chi connectivity index (χ4n) is 3.07. The number of hydrogen-bond donors (Lipinski definition) is 2. The highest BCUT2D eigenvalue weighted by atomic mass is 16.6. The lowest BCUT2D eigenvalue weighted by atomic mass is 9.86. The zero-order chi connectivity index (χ0) is 14.7. The fourth-order valence-corrected chi connectivity index (χ4v) is 3.07. The van der Waals surface area contributed by atoms with Gasteiger partial charge in [-0.05, 0) is 31.7 Å². The van der Waals surface area contributed by atoms with Gasteiger partial charge in [0.25, 0.3) is 0 Å². The second-order valence-corrected chi connectivity index (χ2v) is 5.71. The van der Waals surface area contributed by atoms with Crippen molar-refractivity contribution in [3.63, 3.8) is 0 Å². The van der Waals surface area contributed by atoms with E-state index in [0.717, 1.165) is 49.3 Å². The minimum Gasteiger partial charge on any atom is -0.486 e. The molecule has 114 valence electrons. The van der Waals surface area contributed by atoms with E-state index < -0.39 is 5.97 Å². The Balaban J connectivity index is 1.55. The molecule has 0 saturated heterocycles. The second-order valence-electron chi connectivity index (χ2n) is 5.71. The molecule has 0 amide bonds. The molecule has 0 unspecified atom stereocenters. The van der Waals surface area contributed by atoms with Crippen LogP contribution in [0.5, 0.6) is 11.5 Å². The number of ether oxygens (including phenoxy) is 2. The van der Waals surface area contributed by atoms with Crippen molar-refractivity contribution >= 4 is 5.97 Å². The van der Waals surface area contributed by atoms with Gasteiger partial charge in [-0.1, -0.05) is 12.1 Å². The van der Waals surface area contributed by atoms with Crippen molar-refractivity contribution < 1.29 is 19.4 Å². The summed E-state index contributed by atoms with van der Waals surface area (Å²) in [5.74, 6) is 0.839. The van der Waals surface area contributed by atoms with Crippen LogP contribution in [-0.2, 0) is 11.3 Å². The topological polar surface area (TPSA) is 67.8 Å². The van der Waals surface area contributed by atoms with Gasteiger partial charge in [0, 0.05) is 18.2 Å². The lowest BCUT2D eigenvalue weighted by Crippen LogP contribution is -2.34. The van der Waals surface area contributed by atoms with E-state index in [9.17, 15) is 4.79 Å². The van der Waals surface area contributed by atoms with Crippen LogP contribution in [0.4, 0.5) is 0 Å². The molecule has 5 heteroatoms. The third-order valence-corrected chi connectivity index (χ3v) is 4.31. The highest BCUT2D eigenvalue weighted by molar-refractivity contribution is 5.70. The highest BCUT2D eigenvalue weighted by Gasteiger charge is 2.26. The Morgan fingerprint density at radius 1 is 1.19 bits per heavy atom. The number of aliphatic carboxylic acids is 1. The maximum absolute atomic E-state index is 11.0. The van der Waals surface area contributed by atoms with Gasteiger partial charge in [0.05, 0.1) is 5.92 Å². The molecule has 1 aliphatic heterocycles. The molecule has 5 nitrogen and oxygen atoms in total. The summed E-state index contributed by atoms with van der Waals surface area (Å²) < 4.78 is 11.3. The van der Waals surface area contributed by atoms with Crippen LogP contribution in [0.25, 0.3) is 0 Å². The predicted molar refractivity (Wildman–Crippen MR) is 77.7 cm³/mol. The van der Waals surface area contributed by atoms with E-state index >= 15 is 0 Å². The molecule has 0 bridgehead atoms. The molecule has 1 aliphatic carbocycles. The number of carbonyl (C=O) groups is 1. The number of hydrogen-bond acceptors (Lipinski definition) is 4. The molecule has 1 fully saturated rings. The number of benzene rings is 1. The normalized spacial score (nSPS) is 24.6. The molecular weight excluding hydrogens is 270 g/mol. The van der Waals surface area contributed by atoms with Gasteiger partial charge in [-0.3, -0.25) is 4.79 Å². The SMILES string of the molecule is O=C(O)C1CCC(NCc2cccc3c2OCCO3)CC1. The average Bonchev–Trinajstić information content (AvgIpc) is 2.53. The zero-order valence-electron chi connectivity index (χ0n) is 12.0. The van der Waals surface area contributed by atoms with Crippen molar-refractivity contribution in [2.75, 3.05) is 13.2 Å². The van der Waals surface area contributed by atoms with Gasteiger partial charge in [-0.2, -0.15) is 0 Å². The first-order valence-electron chi connectivity index (χ1n) is 7.57. The summed E-state index contributed by atoms with van der Waals surface area (Å²) in [5, 5.41) is 12.5. The Hall–Kier alpha value is -1.75. The first-order valence-corrected chi connectivity index (χ1v) is 7.57. The van der Waals surface area contributed by atoms with E-state index in [1.807, 2.05) is 18.2 Å². The molecule has 0 radical (unpaired) electrons. The van der Waals surface area contributed by atoms with Crippen molar-refractivity contribution in [3.8, 4) is 11.5 Å². The van der Waals surface area contributed by atoms with Gasteiger partial charge in [0.15, 0.2) is 11.5 Å². The fraction of sp³-hybridized carbons (Fsp3) is 0.562. The van der Waals surface area contributed by atoms with Crippen LogP contribution in [0.1, 0.15) is 31.2 Å². The maximum Gasteiger partial charge on any atom is 0.306 e. The van der Waals surface area contributed by atoms with Gasteiger partial charge in [0.1, 0.15) is 13.2 Å². The van der Waals surface area contributed by atoms with Crippen molar-refractivity contribution in [2.45, 2.75) is 38.3 Å². The Morgan fingerprint density at radius 2 is 1.95 bits per heavy atom. The first kappa shape index (κ1) is 14.2. The van der Waals surface area contributed by atoms with Gasteiger partial charge in [-0.15, -0.1) is 0 Å². The van der Waals surface area contributed by atoms with E-state index in [-0.39, 0.29) is 5.92 Å². The Labute approximate surface area is 124 Å². The smallest absolute Gasteiger partial charge is 0.306 e. The number of carboxylic acid groups (broad SMARTS) is 1. The maximum atomic E-state index is 11.0. The zero-order valence-corrected chi connectivity index (χ0v) is 12.0. The van der Waals surface area contributed by atoms with Crippen LogP contribution in [0.2, 0.25) is 0 Å². The number of carboxylic acids is 1. The van der Waals surface area contributed by atoms with E-state index in [2.05, 4.69) is 5.32 Å². The van der Waals surface area contributed by atoms with Gasteiger partial charge in [-0.25, -0.2) is 0 Å². The molecule has 2 N–H and O–H groups in total. The molecule has 0 atom stereocenters. The number of rotatable bonds is 4. The van der Waals surface area contributed by atoms with E-state index in [0.29, 0.717) is 19.3 Å². The Kier molecular flexibility index (Phi) is 4.29. The third kappa shape index (κ3) is 3.29. The van der Waals surface area contributed by atoms with Crippen molar-refractivity contribution in [1.29, 1.82) is 0 Å². The minimum absolute atomic E-state index is 0.163. The lowest BCUT2D eigenvalue weighted by Gasteiger charge is -2.27. The predicted octanol–water partition coefficient (Wildman–Crippen LogP) is 2.19. The van der Waals surface area contributed by atoms with Crippen LogP contribution in [-0.4, -0.2) is 30.3 Å². The summed E-state index contributed by atoms with van der Waals surface area (Å²) in [6.45, 7) is 1.92. The van der Waals surface area contributed by atoms with Gasteiger partial charge < -0.3 is 19.9 Å². The van der Waals surface area contributed by atoms with Crippen molar-refractivity contribution in [3.05, 3.63) is 23.8 Å². The molecule has 1 saturated carbocycles. The monoisotopic (exact) mass is 291 g/mol. The average molecular weight is 291 g/mol. The quantitative estimate of drug-likeness (QED) is 0.890. The highest BCUT2D eigenvalue weighted by Crippen LogP contribution is 2.34. The van der Waals surface area contributed by atoms with Crippen LogP contribution >= 0.6 is 0 Å². The molecule has 2 aliphatic rings. The lowest BCUT2D eigenvalue weighted by molar-refractivity contribution is -0.142. The van der Waals surface area contributed by atoms with Crippen LogP contribution < -0.4 is 14.8 Å². The summed E-state index contributed by atoms with van der Waals surface area (Å²) in [4.78, 5) is 11.0. The summed E-state index contributed by atoms with van der Waals surface area (Å²) in [7, 11) is 0. The Morgan fingerprint density at radius 3 is 2.71 bits per heavy atom. The molecule has 3 rings (SSSR count). The van der Waals surface area contributed by atoms with Crippen molar-refractivity contribution in [1.82, 2.24) is 5.32 Å². The first-order chi connectivity index (χ1) is 10.2. The summed E-state index contributed by atoms with van der Waals surface area (Å²) in [6, 6.07) is 6.34. The number of fused-ring (bicyclic) bond motifs is 1. The molecule has 1 aromatic rings. The van der Waals surface area contributed by atoms with Gasteiger partial charge >= 0.3 is 5.97 Å². The Bertz CT molecular complexity index is 509. The summed E-state index contributed by atoms with van der Waals surface area (Å²) >= 11 is 0. The number of nitrogens with one attached hydrogen (secondary N) is 1. The number of para-hydroxylation sites is 1. The van der Waals surface area contributed by atoms with E-state index in [1.165, 1.54) is 0 Å². The van der Waals surface area contributed by atoms with E-state index in [4.69, 9.17) is 14.6 Å². The van der Waals surface area contributed by atoms with Crippen LogP contribution in [0.3, 0.4) is 0 Å². The molecule has 21 heavy (non-hydrogen) atoms. The molecular formula is C16H21NO4. The van der Waals surface area contributed by atoms with Crippen molar-refractivity contribution in [2.24, 2.45) is 5.92 Å². The third-order valence-electron chi connectivity index (χ3n) is 4.31. The van der Waals surface area contributed by atoms with Gasteiger partial charge in [0.2, 0.25) is 0 Å². The summed E-state index contributed by atoms with van der Waals surface area (Å²) in [6.07, 6.45) is 3.37. The standard InChI is InChI=1S/C16H21NO4/c18-16(19)11-4-6-13(7-5-11)17-10-12-2-1-3-14-15(12)21-9-8-20-14/h1-3,11,13,17H,4-10H2,(H,18,19). The molecule has 1 heterocycles.